The lowest BCUT2D eigenvalue weighted by atomic mass is 9.79. The summed E-state index contributed by atoms with van der Waals surface area (Å²) in [6.07, 6.45) is 7.04. The Hall–Kier alpha value is -2.42. The molecule has 9 heteroatoms. The molecule has 5 rings (SSSR count). The lowest BCUT2D eigenvalue weighted by molar-refractivity contribution is 0.0998. The normalized spacial score (nSPS) is 21.3. The Kier molecular flexibility index (Phi) is 5.93. The Bertz CT molecular complexity index is 1000. The van der Waals surface area contributed by atoms with E-state index in [2.05, 4.69) is 26.1 Å². The molecule has 178 valence electrons. The highest BCUT2D eigenvalue weighted by Crippen LogP contribution is 2.48. The summed E-state index contributed by atoms with van der Waals surface area (Å²) in [7, 11) is 3.97. The Labute approximate surface area is 200 Å². The molecule has 8 nitrogen and oxygen atoms in total. The number of anilines is 3. The van der Waals surface area contributed by atoms with Crippen molar-refractivity contribution in [3.8, 4) is 0 Å². The molecule has 2 aliphatic heterocycles. The maximum atomic E-state index is 11.9. The monoisotopic (exact) mass is 469 g/mol. The molecule has 4 heterocycles. The van der Waals surface area contributed by atoms with E-state index < -0.39 is 0 Å². The third-order valence-electron chi connectivity index (χ3n) is 7.86. The average molecular weight is 470 g/mol. The second kappa shape index (κ2) is 8.74. The van der Waals surface area contributed by atoms with E-state index in [4.69, 9.17) is 10.7 Å². The SMILES string of the molecule is CN(C)c1nsc(N2CCC(C3CCN(c4ccc(C(N)=O)c(C5(C)CC5)n4)CC3)CC2)n1. The van der Waals surface area contributed by atoms with Gasteiger partial charge in [-0.15, -0.1) is 0 Å². The summed E-state index contributed by atoms with van der Waals surface area (Å²) >= 11 is 1.51. The zero-order valence-electron chi connectivity index (χ0n) is 20.0. The number of carbonyl (C=O) groups is 1. The van der Waals surface area contributed by atoms with Crippen LogP contribution in [0, 0.1) is 11.8 Å². The van der Waals surface area contributed by atoms with Crippen molar-refractivity contribution in [1.82, 2.24) is 14.3 Å². The molecule has 0 atom stereocenters. The molecule has 1 aliphatic carbocycles. The Morgan fingerprint density at radius 1 is 1.03 bits per heavy atom. The molecule has 3 fully saturated rings. The van der Waals surface area contributed by atoms with Crippen LogP contribution in [-0.4, -0.2) is 60.5 Å². The number of pyridine rings is 1. The van der Waals surface area contributed by atoms with Crippen molar-refractivity contribution in [2.45, 2.75) is 50.9 Å². The third-order valence-corrected chi connectivity index (χ3v) is 8.63. The number of carbonyl (C=O) groups excluding carboxylic acids is 1. The molecule has 1 amide bonds. The van der Waals surface area contributed by atoms with Gasteiger partial charge in [0.25, 0.3) is 5.91 Å². The highest BCUT2D eigenvalue weighted by atomic mass is 32.1. The van der Waals surface area contributed by atoms with Crippen LogP contribution in [0.1, 0.15) is 61.5 Å². The van der Waals surface area contributed by atoms with Crippen LogP contribution in [0.5, 0.6) is 0 Å². The fourth-order valence-electron chi connectivity index (χ4n) is 5.39. The van der Waals surface area contributed by atoms with Crippen molar-refractivity contribution in [1.29, 1.82) is 0 Å². The first-order valence-electron chi connectivity index (χ1n) is 12.2. The minimum Gasteiger partial charge on any atom is -0.366 e. The van der Waals surface area contributed by atoms with Crippen LogP contribution in [0.2, 0.25) is 0 Å². The highest BCUT2D eigenvalue weighted by molar-refractivity contribution is 7.09. The van der Waals surface area contributed by atoms with Crippen LogP contribution in [0.4, 0.5) is 16.9 Å². The van der Waals surface area contributed by atoms with Gasteiger partial charge in [-0.1, -0.05) is 6.92 Å². The van der Waals surface area contributed by atoms with Crippen molar-refractivity contribution >= 4 is 34.3 Å². The van der Waals surface area contributed by atoms with Gasteiger partial charge in [-0.2, -0.15) is 9.36 Å². The standard InChI is InChI=1S/C24H35N7OS/c1-24(10-11-24)20-18(21(25)32)4-5-19(26-20)30-12-6-16(7-13-30)17-8-14-31(15-9-17)23-27-22(28-33-23)29(2)3/h4-5,16-17H,6-15H2,1-3H3,(H2,25,32). The third kappa shape index (κ3) is 4.52. The van der Waals surface area contributed by atoms with Gasteiger partial charge in [-0.05, 0) is 62.5 Å². The molecule has 0 spiro atoms. The minimum absolute atomic E-state index is 0.0207. The molecular weight excluding hydrogens is 434 g/mol. The zero-order chi connectivity index (χ0) is 23.2. The van der Waals surface area contributed by atoms with Crippen LogP contribution in [-0.2, 0) is 5.41 Å². The summed E-state index contributed by atoms with van der Waals surface area (Å²) in [4.78, 5) is 28.3. The molecule has 2 aromatic heterocycles. The van der Waals surface area contributed by atoms with Crippen LogP contribution < -0.4 is 20.4 Å². The molecular formula is C24H35N7OS. The van der Waals surface area contributed by atoms with Gasteiger partial charge in [0, 0.05) is 57.2 Å². The van der Waals surface area contributed by atoms with Gasteiger partial charge in [-0.3, -0.25) is 4.79 Å². The maximum Gasteiger partial charge on any atom is 0.250 e. The molecule has 1 saturated carbocycles. The Morgan fingerprint density at radius 3 is 2.15 bits per heavy atom. The second-order valence-corrected chi connectivity index (χ2v) is 11.1. The highest BCUT2D eigenvalue weighted by Gasteiger charge is 2.43. The first kappa shape index (κ1) is 22.4. The number of piperidine rings is 2. The van der Waals surface area contributed by atoms with Crippen molar-refractivity contribution in [2.75, 3.05) is 55.0 Å². The van der Waals surface area contributed by atoms with E-state index in [9.17, 15) is 4.79 Å². The summed E-state index contributed by atoms with van der Waals surface area (Å²) in [5, 5.41) is 1.05. The number of rotatable bonds is 6. The topological polar surface area (TPSA) is 91.5 Å². The van der Waals surface area contributed by atoms with Crippen LogP contribution in [0.25, 0.3) is 0 Å². The Balaban J connectivity index is 1.17. The first-order valence-corrected chi connectivity index (χ1v) is 12.9. The number of amides is 1. The van der Waals surface area contributed by atoms with E-state index in [1.54, 1.807) is 0 Å². The van der Waals surface area contributed by atoms with E-state index in [-0.39, 0.29) is 11.3 Å². The van der Waals surface area contributed by atoms with Gasteiger partial charge >= 0.3 is 0 Å². The van der Waals surface area contributed by atoms with E-state index in [1.807, 2.05) is 31.1 Å². The van der Waals surface area contributed by atoms with E-state index in [1.165, 1.54) is 37.2 Å². The summed E-state index contributed by atoms with van der Waals surface area (Å²) in [5.41, 5.74) is 7.14. The first-order chi connectivity index (χ1) is 15.8. The smallest absolute Gasteiger partial charge is 0.250 e. The second-order valence-electron chi connectivity index (χ2n) is 10.4. The quantitative estimate of drug-likeness (QED) is 0.694. The molecule has 33 heavy (non-hydrogen) atoms. The van der Waals surface area contributed by atoms with Gasteiger partial charge in [0.05, 0.1) is 11.3 Å². The largest absolute Gasteiger partial charge is 0.366 e. The van der Waals surface area contributed by atoms with E-state index in [0.29, 0.717) is 5.56 Å². The number of primary amides is 1. The molecule has 2 N–H and O–H groups in total. The molecule has 2 saturated heterocycles. The van der Waals surface area contributed by atoms with Gasteiger partial charge in [0.2, 0.25) is 11.1 Å². The van der Waals surface area contributed by atoms with E-state index in [0.717, 1.165) is 73.4 Å². The predicted octanol–water partition coefficient (Wildman–Crippen LogP) is 3.28. The van der Waals surface area contributed by atoms with E-state index >= 15 is 0 Å². The number of hydrogen-bond acceptors (Lipinski definition) is 8. The Morgan fingerprint density at radius 2 is 1.64 bits per heavy atom. The number of hydrogen-bond donors (Lipinski definition) is 1. The fraction of sp³-hybridized carbons (Fsp3) is 0.667. The molecule has 2 aromatic rings. The summed E-state index contributed by atoms with van der Waals surface area (Å²) in [6, 6.07) is 3.87. The van der Waals surface area contributed by atoms with Crippen LogP contribution >= 0.6 is 11.5 Å². The fourth-order valence-corrected chi connectivity index (χ4v) is 6.18. The summed E-state index contributed by atoms with van der Waals surface area (Å²) < 4.78 is 4.45. The van der Waals surface area contributed by atoms with Gasteiger partial charge in [0.15, 0.2) is 0 Å². The van der Waals surface area contributed by atoms with Gasteiger partial charge < -0.3 is 20.4 Å². The number of aromatic nitrogens is 3. The van der Waals surface area contributed by atoms with Crippen molar-refractivity contribution in [3.05, 3.63) is 23.4 Å². The minimum atomic E-state index is -0.367. The van der Waals surface area contributed by atoms with Crippen LogP contribution in [0.15, 0.2) is 12.1 Å². The van der Waals surface area contributed by atoms with Gasteiger partial charge in [0.1, 0.15) is 5.82 Å². The van der Waals surface area contributed by atoms with Crippen molar-refractivity contribution in [3.63, 3.8) is 0 Å². The number of nitrogens with two attached hydrogens (primary N) is 1. The molecule has 0 bridgehead atoms. The lowest BCUT2D eigenvalue weighted by Crippen LogP contribution is -2.41. The molecule has 0 aromatic carbocycles. The summed E-state index contributed by atoms with van der Waals surface area (Å²) in [5.74, 6) is 3.01. The lowest BCUT2D eigenvalue weighted by Gasteiger charge is -2.40. The van der Waals surface area contributed by atoms with Crippen molar-refractivity contribution in [2.24, 2.45) is 17.6 Å². The zero-order valence-corrected chi connectivity index (χ0v) is 20.8. The predicted molar refractivity (Wildman–Crippen MR) is 133 cm³/mol. The molecule has 0 unspecified atom stereocenters. The summed E-state index contributed by atoms with van der Waals surface area (Å²) in [6.45, 7) is 6.41. The molecule has 0 radical (unpaired) electrons. The van der Waals surface area contributed by atoms with Crippen LogP contribution in [0.3, 0.4) is 0 Å². The number of nitrogens with zero attached hydrogens (tertiary/aromatic N) is 6. The average Bonchev–Trinajstić information content (AvgIpc) is 3.38. The van der Waals surface area contributed by atoms with Gasteiger partial charge in [-0.25, -0.2) is 4.98 Å². The molecule has 3 aliphatic rings. The maximum absolute atomic E-state index is 11.9. The van der Waals surface area contributed by atoms with Crippen molar-refractivity contribution < 1.29 is 4.79 Å².